The van der Waals surface area contributed by atoms with E-state index in [2.05, 4.69) is 5.32 Å². The van der Waals surface area contributed by atoms with Crippen LogP contribution < -0.4 is 5.32 Å². The molecular weight excluding hydrogens is 222 g/mol. The van der Waals surface area contributed by atoms with E-state index >= 15 is 0 Å². The first-order valence-electron chi connectivity index (χ1n) is 5.38. The molecule has 0 saturated carbocycles. The number of hydrogen-bond acceptors (Lipinski definition) is 2. The van der Waals surface area contributed by atoms with Gasteiger partial charge in [-0.2, -0.15) is 0 Å². The van der Waals surface area contributed by atoms with Crippen LogP contribution in [-0.4, -0.2) is 22.4 Å². The van der Waals surface area contributed by atoms with Crippen molar-refractivity contribution >= 4 is 16.7 Å². The first kappa shape index (κ1) is 12.9. The van der Waals surface area contributed by atoms with E-state index in [1.54, 1.807) is 0 Å². The molecule has 1 unspecified atom stereocenters. The zero-order valence-electron chi connectivity index (χ0n) is 9.44. The summed E-state index contributed by atoms with van der Waals surface area (Å²) in [4.78, 5) is 11.3. The van der Waals surface area contributed by atoms with Crippen LogP contribution in [0.2, 0.25) is 0 Å². The molecule has 1 N–H and O–H groups in total. The van der Waals surface area contributed by atoms with Gasteiger partial charge < -0.3 is 5.32 Å². The van der Waals surface area contributed by atoms with Crippen LogP contribution in [0.1, 0.15) is 18.9 Å². The second kappa shape index (κ2) is 7.17. The van der Waals surface area contributed by atoms with Gasteiger partial charge in [0.1, 0.15) is 5.75 Å². The molecule has 3 nitrogen and oxygen atoms in total. The first-order valence-corrected chi connectivity index (χ1v) is 6.86. The van der Waals surface area contributed by atoms with Crippen LogP contribution in [-0.2, 0) is 21.3 Å². The van der Waals surface area contributed by atoms with E-state index in [1.165, 1.54) is 0 Å². The lowest BCUT2D eigenvalue weighted by Gasteiger charge is -2.03. The maximum Gasteiger partial charge on any atom is 0.232 e. The summed E-state index contributed by atoms with van der Waals surface area (Å²) in [5, 5.41) is 2.72. The average molecular weight is 239 g/mol. The summed E-state index contributed by atoms with van der Waals surface area (Å²) in [5.41, 5.74) is 1.00. The molecular formula is C12H17NO2S. The Hall–Kier alpha value is -1.16. The Balaban J connectivity index is 2.34. The Morgan fingerprint density at radius 2 is 2.00 bits per heavy atom. The molecule has 0 radical (unpaired) electrons. The Bertz CT molecular complexity index is 351. The Morgan fingerprint density at radius 1 is 1.31 bits per heavy atom. The number of benzene rings is 1. The number of carbonyl (C=O) groups excluding carboxylic acids is 1. The highest BCUT2D eigenvalue weighted by atomic mass is 32.2. The number of nitrogens with one attached hydrogen (secondary N) is 1. The van der Waals surface area contributed by atoms with Gasteiger partial charge in [0, 0.05) is 23.1 Å². The maximum atomic E-state index is 11.6. The molecule has 88 valence electrons. The van der Waals surface area contributed by atoms with Gasteiger partial charge in [0.15, 0.2) is 0 Å². The molecule has 1 aromatic rings. The summed E-state index contributed by atoms with van der Waals surface area (Å²) in [5.74, 6) is 0.408. The Labute approximate surface area is 98.7 Å². The summed E-state index contributed by atoms with van der Waals surface area (Å²) in [6.07, 6.45) is 0.900. The number of amides is 1. The highest BCUT2D eigenvalue weighted by Gasteiger charge is 2.07. The minimum absolute atomic E-state index is 0.0922. The van der Waals surface area contributed by atoms with Crippen molar-refractivity contribution < 1.29 is 9.00 Å². The van der Waals surface area contributed by atoms with Crippen LogP contribution in [0.15, 0.2) is 30.3 Å². The van der Waals surface area contributed by atoms with Gasteiger partial charge in [0.05, 0.1) is 0 Å². The molecule has 0 spiro atoms. The van der Waals surface area contributed by atoms with Crippen LogP contribution in [0.4, 0.5) is 0 Å². The summed E-state index contributed by atoms with van der Waals surface area (Å²) in [6, 6.07) is 9.57. The minimum atomic E-state index is -1.12. The van der Waals surface area contributed by atoms with Crippen molar-refractivity contribution in [2.45, 2.75) is 19.1 Å². The SMILES string of the molecule is CCCNC(=O)CS(=O)Cc1ccccc1. The van der Waals surface area contributed by atoms with E-state index in [-0.39, 0.29) is 11.7 Å². The number of rotatable bonds is 6. The highest BCUT2D eigenvalue weighted by molar-refractivity contribution is 7.84. The van der Waals surface area contributed by atoms with Gasteiger partial charge in [-0.15, -0.1) is 0 Å². The van der Waals surface area contributed by atoms with Crippen molar-refractivity contribution in [2.75, 3.05) is 12.3 Å². The van der Waals surface area contributed by atoms with Crippen LogP contribution in [0.3, 0.4) is 0 Å². The molecule has 1 rings (SSSR count). The highest BCUT2D eigenvalue weighted by Crippen LogP contribution is 2.02. The van der Waals surface area contributed by atoms with Gasteiger partial charge in [0.2, 0.25) is 5.91 Å². The predicted octanol–water partition coefficient (Wildman–Crippen LogP) is 1.46. The largest absolute Gasteiger partial charge is 0.355 e. The van der Waals surface area contributed by atoms with Crippen molar-refractivity contribution in [1.29, 1.82) is 0 Å². The van der Waals surface area contributed by atoms with Gasteiger partial charge in [0.25, 0.3) is 0 Å². The third-order valence-corrected chi connectivity index (χ3v) is 3.27. The third-order valence-electron chi connectivity index (χ3n) is 2.03. The molecule has 0 heterocycles. The molecule has 0 saturated heterocycles. The standard InChI is InChI=1S/C12H17NO2S/c1-2-8-13-12(14)10-16(15)9-11-6-4-3-5-7-11/h3-7H,2,8-10H2,1H3,(H,13,14). The quantitative estimate of drug-likeness (QED) is 0.817. The second-order valence-corrected chi connectivity index (χ2v) is 5.02. The van der Waals surface area contributed by atoms with Crippen molar-refractivity contribution in [3.8, 4) is 0 Å². The molecule has 4 heteroatoms. The molecule has 0 aliphatic heterocycles. The molecule has 16 heavy (non-hydrogen) atoms. The molecule has 1 atom stereocenters. The normalized spacial score (nSPS) is 12.1. The zero-order chi connectivity index (χ0) is 11.8. The van der Waals surface area contributed by atoms with E-state index in [1.807, 2.05) is 37.3 Å². The van der Waals surface area contributed by atoms with Gasteiger partial charge >= 0.3 is 0 Å². The van der Waals surface area contributed by atoms with Crippen LogP contribution in [0.5, 0.6) is 0 Å². The maximum absolute atomic E-state index is 11.6. The Morgan fingerprint density at radius 3 is 2.62 bits per heavy atom. The lowest BCUT2D eigenvalue weighted by atomic mass is 10.2. The molecule has 1 aromatic carbocycles. The predicted molar refractivity (Wildman–Crippen MR) is 66.5 cm³/mol. The fourth-order valence-electron chi connectivity index (χ4n) is 1.27. The van der Waals surface area contributed by atoms with Gasteiger partial charge in [-0.05, 0) is 12.0 Å². The molecule has 0 aliphatic carbocycles. The molecule has 0 fully saturated rings. The molecule has 0 bridgehead atoms. The van der Waals surface area contributed by atoms with Crippen LogP contribution in [0, 0.1) is 0 Å². The topological polar surface area (TPSA) is 46.2 Å². The van der Waals surface area contributed by atoms with E-state index in [4.69, 9.17) is 0 Å². The van der Waals surface area contributed by atoms with Crippen molar-refractivity contribution in [2.24, 2.45) is 0 Å². The molecule has 0 aliphatic rings. The molecule has 0 aromatic heterocycles. The summed E-state index contributed by atoms with van der Waals surface area (Å²) < 4.78 is 11.6. The van der Waals surface area contributed by atoms with Crippen LogP contribution >= 0.6 is 0 Å². The smallest absolute Gasteiger partial charge is 0.232 e. The minimum Gasteiger partial charge on any atom is -0.355 e. The summed E-state index contributed by atoms with van der Waals surface area (Å²) in [7, 11) is -1.12. The Kier molecular flexibility index (Phi) is 5.78. The monoisotopic (exact) mass is 239 g/mol. The second-order valence-electron chi connectivity index (χ2n) is 3.56. The number of hydrogen-bond donors (Lipinski definition) is 1. The molecule has 1 amide bonds. The third kappa shape index (κ3) is 5.07. The summed E-state index contributed by atoms with van der Waals surface area (Å²) in [6.45, 7) is 2.64. The van der Waals surface area contributed by atoms with E-state index in [0.717, 1.165) is 12.0 Å². The lowest BCUT2D eigenvalue weighted by Crippen LogP contribution is -2.29. The van der Waals surface area contributed by atoms with E-state index in [0.29, 0.717) is 12.3 Å². The van der Waals surface area contributed by atoms with Gasteiger partial charge in [-0.1, -0.05) is 37.3 Å². The van der Waals surface area contributed by atoms with Crippen molar-refractivity contribution in [3.63, 3.8) is 0 Å². The van der Waals surface area contributed by atoms with E-state index < -0.39 is 10.8 Å². The average Bonchev–Trinajstić information content (AvgIpc) is 2.27. The lowest BCUT2D eigenvalue weighted by molar-refractivity contribution is -0.118. The zero-order valence-corrected chi connectivity index (χ0v) is 10.3. The number of carbonyl (C=O) groups is 1. The summed E-state index contributed by atoms with van der Waals surface area (Å²) >= 11 is 0. The van der Waals surface area contributed by atoms with Crippen molar-refractivity contribution in [3.05, 3.63) is 35.9 Å². The fourth-order valence-corrected chi connectivity index (χ4v) is 2.33. The van der Waals surface area contributed by atoms with E-state index in [9.17, 15) is 9.00 Å². The van der Waals surface area contributed by atoms with Crippen LogP contribution in [0.25, 0.3) is 0 Å². The van der Waals surface area contributed by atoms with Crippen molar-refractivity contribution in [1.82, 2.24) is 5.32 Å². The first-order chi connectivity index (χ1) is 7.72. The van der Waals surface area contributed by atoms with Gasteiger partial charge in [-0.25, -0.2) is 0 Å². The fraction of sp³-hybridized carbons (Fsp3) is 0.417. The van der Waals surface area contributed by atoms with Gasteiger partial charge in [-0.3, -0.25) is 9.00 Å².